The number of amides is 2. The molecule has 1 aliphatic heterocycles. The first-order valence-corrected chi connectivity index (χ1v) is 31.4. The molecule has 87 heavy (non-hydrogen) atoms. The van der Waals surface area contributed by atoms with Gasteiger partial charge in [-0.05, 0) is 149 Å². The summed E-state index contributed by atoms with van der Waals surface area (Å²) in [6, 6.07) is 39.6. The number of terminal acetylenes is 1. The quantitative estimate of drug-likeness (QED) is 0.0937. The van der Waals surface area contributed by atoms with Gasteiger partial charge in [0.05, 0.1) is 37.0 Å². The lowest BCUT2D eigenvalue weighted by Crippen LogP contribution is -2.31. The summed E-state index contributed by atoms with van der Waals surface area (Å²) in [5.41, 5.74) is 22.4. The minimum absolute atomic E-state index is 0.108. The molecule has 0 saturated carbocycles. The van der Waals surface area contributed by atoms with Crippen LogP contribution in [0, 0.1) is 61.3 Å². The molecule has 13 aromatic rings. The zero-order valence-electron chi connectivity index (χ0n) is 47.8. The molecule has 0 bridgehead atoms. The van der Waals surface area contributed by atoms with E-state index < -0.39 is 8.07 Å². The first-order chi connectivity index (χ1) is 42.3. The zero-order valence-corrected chi connectivity index (χ0v) is 50.4. The van der Waals surface area contributed by atoms with Crippen molar-refractivity contribution in [3.63, 3.8) is 0 Å². The molecular weight excluding hydrogens is 1170 g/mol. The van der Waals surface area contributed by atoms with Crippen molar-refractivity contribution in [2.45, 2.75) is 46.0 Å². The van der Waals surface area contributed by atoms with E-state index in [0.717, 1.165) is 72.0 Å². The summed E-state index contributed by atoms with van der Waals surface area (Å²) in [5.74, 6) is 18.2. The summed E-state index contributed by atoms with van der Waals surface area (Å²) >= 11 is 3.30. The fourth-order valence-corrected chi connectivity index (χ4v) is 9.22. The number of nitrogens with two attached hydrogens (primary N) is 1. The number of carbonyl (C=O) groups is 1. The molecule has 3 aromatic carbocycles. The van der Waals surface area contributed by atoms with Gasteiger partial charge in [-0.25, -0.2) is 57.3 Å². The first kappa shape index (κ1) is 58.6. The second-order valence-electron chi connectivity index (χ2n) is 20.1. The number of fused-ring (bicyclic) bond motifs is 5. The molecular formula is C65H54BrN19OSi. The molecule has 0 spiro atoms. The van der Waals surface area contributed by atoms with Gasteiger partial charge in [-0.2, -0.15) is 30.6 Å². The van der Waals surface area contributed by atoms with Crippen molar-refractivity contribution < 1.29 is 4.79 Å². The van der Waals surface area contributed by atoms with Crippen LogP contribution < -0.4 is 11.1 Å². The highest BCUT2D eigenvalue weighted by Crippen LogP contribution is 2.29. The van der Waals surface area contributed by atoms with E-state index in [1.54, 1.807) is 90.8 Å². The van der Waals surface area contributed by atoms with Crippen LogP contribution in [-0.4, -0.2) is 98.3 Å². The normalized spacial score (nSPS) is 12.1. The molecule has 0 fully saturated rings. The van der Waals surface area contributed by atoms with E-state index in [0.29, 0.717) is 29.2 Å². The maximum Gasteiger partial charge on any atom is 0.342 e. The molecule has 426 valence electrons. The number of nitrogens with zero attached hydrogens (tertiary/aromatic N) is 17. The van der Waals surface area contributed by atoms with Crippen LogP contribution in [0.5, 0.6) is 0 Å². The van der Waals surface area contributed by atoms with Crippen LogP contribution in [0.25, 0.3) is 28.2 Å². The topological polar surface area (TPSA) is 222 Å². The summed E-state index contributed by atoms with van der Waals surface area (Å²) in [4.78, 5) is 33.8. The van der Waals surface area contributed by atoms with Gasteiger partial charge in [0.25, 0.3) is 0 Å². The lowest BCUT2D eigenvalue weighted by atomic mass is 10.1. The highest BCUT2D eigenvalue weighted by atomic mass is 79.9. The van der Waals surface area contributed by atoms with Gasteiger partial charge in [-0.1, -0.05) is 79.9 Å². The molecule has 1 atom stereocenters. The summed E-state index contributed by atoms with van der Waals surface area (Å²) in [6.45, 7) is 10.7. The average Bonchev–Trinajstić information content (AvgIpc) is 4.59. The van der Waals surface area contributed by atoms with Crippen molar-refractivity contribution in [1.82, 2.24) is 78.0 Å². The molecule has 0 radical (unpaired) electrons. The van der Waals surface area contributed by atoms with Gasteiger partial charge in [0.1, 0.15) is 35.5 Å². The Kier molecular flexibility index (Phi) is 18.3. The number of nitrogen functional groups attached to an aromatic ring is 1. The molecule has 10 aromatic heterocycles. The minimum atomic E-state index is -1.33. The molecule has 3 N–H and O–H groups in total. The predicted molar refractivity (Wildman–Crippen MR) is 343 cm³/mol. The summed E-state index contributed by atoms with van der Waals surface area (Å²) in [5, 5.41) is 29.5. The summed E-state index contributed by atoms with van der Waals surface area (Å²) in [7, 11) is -1.33. The Hall–Kier alpha value is -11.6. The number of imidazole rings is 5. The smallest absolute Gasteiger partial charge is 0.342 e. The fraction of sp³-hybridized carbons (Fsp3) is 0.108. The largest absolute Gasteiger partial charge is 0.399 e. The van der Waals surface area contributed by atoms with Gasteiger partial charge in [0, 0.05) is 66.1 Å². The Bertz CT molecular complexity index is 4860. The van der Waals surface area contributed by atoms with Crippen LogP contribution in [-0.2, 0) is 0 Å². The second-order valence-corrected chi connectivity index (χ2v) is 25.7. The van der Waals surface area contributed by atoms with E-state index in [4.69, 9.17) is 12.2 Å². The number of hydrazone groups is 1. The number of anilines is 2. The fourth-order valence-electron chi connectivity index (χ4n) is 8.34. The van der Waals surface area contributed by atoms with Crippen LogP contribution in [0.4, 0.5) is 16.2 Å². The summed E-state index contributed by atoms with van der Waals surface area (Å²) < 4.78 is 9.41. The van der Waals surface area contributed by atoms with Gasteiger partial charge in [0.15, 0.2) is 28.2 Å². The molecule has 2 amide bonds. The summed E-state index contributed by atoms with van der Waals surface area (Å²) in [6.07, 6.45) is 24.8. The number of hydrogen-bond donors (Lipinski definition) is 2. The number of nitrogens with one attached hydrogen (secondary N) is 1. The number of carbonyl (C=O) groups excluding carboxylic acids is 1. The molecule has 1 aliphatic rings. The Morgan fingerprint density at radius 1 is 0.552 bits per heavy atom. The monoisotopic (exact) mass is 1220 g/mol. The standard InChI is InChI=1S/C25H20N6O.C15H12N4.C11H13N3Si.C8H5N3.C6H4BrN3/c1-18-9-11-21(16-20(18)10-12-22-17-26-24-8-5-14-27-30(22)24)29-25(32)31-23(13-15-28-31)19-6-3-2-4-7-19;1-11-4-6-13(16)9-12(11)5-7-14-10-17-15-3-2-8-18-19(14)15;1-15(2,3)8-6-10-9-12-11-5-4-7-13-14(10)11;1-2-7-6-9-8-4-3-5-10-11(7)8;7-5-4-8-6-2-1-3-9-10(5)6/h2-9,11,14-17,23H,13H2,1H3,(H,29,32);2-4,6,8-10H,16H2,1H3;4-5,7,9H,1-3H3;1,3-6H;1-4H. The number of aryl methyl sites for hydroxylation is 2. The van der Waals surface area contributed by atoms with Gasteiger partial charge in [-0.3, -0.25) is 0 Å². The van der Waals surface area contributed by atoms with Gasteiger partial charge in [-0.15, -0.1) is 12.0 Å². The predicted octanol–water partition coefficient (Wildman–Crippen LogP) is 10.6. The minimum Gasteiger partial charge on any atom is -0.399 e. The van der Waals surface area contributed by atoms with Crippen LogP contribution in [0.2, 0.25) is 19.6 Å². The molecule has 14 rings (SSSR count). The van der Waals surface area contributed by atoms with Crippen molar-refractivity contribution in [2.24, 2.45) is 5.10 Å². The third-order valence-corrected chi connectivity index (χ3v) is 14.1. The number of urea groups is 1. The number of halogens is 1. The number of hydrogen-bond acceptors (Lipinski definition) is 13. The Labute approximate surface area is 510 Å². The van der Waals surface area contributed by atoms with Crippen LogP contribution in [0.3, 0.4) is 0 Å². The third kappa shape index (κ3) is 14.8. The third-order valence-electron chi connectivity index (χ3n) is 12.7. The van der Waals surface area contributed by atoms with Crippen LogP contribution in [0.15, 0.2) is 199 Å². The average molecular weight is 1230 g/mol. The first-order valence-electron chi connectivity index (χ1n) is 27.1. The highest BCUT2D eigenvalue weighted by Gasteiger charge is 2.28. The van der Waals surface area contributed by atoms with E-state index in [9.17, 15) is 4.79 Å². The Morgan fingerprint density at radius 3 is 1.51 bits per heavy atom. The molecule has 22 heteroatoms. The van der Waals surface area contributed by atoms with Crippen molar-refractivity contribution in [1.29, 1.82) is 0 Å². The van der Waals surface area contributed by atoms with E-state index in [1.807, 2.05) is 141 Å². The molecule has 0 aliphatic carbocycles. The Balaban J connectivity index is 0.000000130. The SMILES string of the molecule is Brc1cnc2cccnn12.C#Cc1cnc2cccnn12.C[Si](C)(C)C#Cc1cnc2cccnn12.Cc1ccc(N)cc1C#Cc1cnc2cccnn12.Cc1ccc(NC(=O)N2N=CCC2c2ccccc2)cc1C#Cc1cnc2cccnn12. The lowest BCUT2D eigenvalue weighted by molar-refractivity contribution is 0.200. The number of rotatable bonds is 2. The van der Waals surface area contributed by atoms with Crippen molar-refractivity contribution >= 4 is 75.9 Å². The van der Waals surface area contributed by atoms with Crippen molar-refractivity contribution in [2.75, 3.05) is 11.1 Å². The maximum atomic E-state index is 12.9. The van der Waals surface area contributed by atoms with E-state index in [-0.39, 0.29) is 12.1 Å². The van der Waals surface area contributed by atoms with Gasteiger partial charge >= 0.3 is 6.03 Å². The lowest BCUT2D eigenvalue weighted by Gasteiger charge is -2.22. The van der Waals surface area contributed by atoms with Crippen LogP contribution in [0.1, 0.15) is 63.1 Å². The maximum absolute atomic E-state index is 12.9. The highest BCUT2D eigenvalue weighted by molar-refractivity contribution is 9.10. The van der Waals surface area contributed by atoms with Gasteiger partial charge in [0.2, 0.25) is 0 Å². The van der Waals surface area contributed by atoms with Crippen LogP contribution >= 0.6 is 15.9 Å². The zero-order chi connectivity index (χ0) is 60.7. The molecule has 20 nitrogen and oxygen atoms in total. The van der Waals surface area contributed by atoms with Crippen molar-refractivity contribution in [3.8, 4) is 47.5 Å². The van der Waals surface area contributed by atoms with Crippen molar-refractivity contribution in [3.05, 3.63) is 245 Å². The van der Waals surface area contributed by atoms with E-state index in [1.165, 1.54) is 5.01 Å². The number of benzene rings is 3. The Morgan fingerprint density at radius 2 is 1.00 bits per heavy atom. The van der Waals surface area contributed by atoms with E-state index >= 15 is 0 Å². The van der Waals surface area contributed by atoms with Gasteiger partial charge < -0.3 is 11.1 Å². The molecule has 0 saturated heterocycles. The molecule has 11 heterocycles. The number of aromatic nitrogens is 15. The second kappa shape index (κ2) is 27.2. The van der Waals surface area contributed by atoms with E-state index in [2.05, 4.69) is 137 Å². The molecule has 1 unspecified atom stereocenters.